The molecule has 2 aromatic rings. The summed E-state index contributed by atoms with van der Waals surface area (Å²) in [4.78, 5) is 15.8. The highest BCUT2D eigenvalue weighted by atomic mass is 32.2. The molecule has 2 atom stereocenters. The number of rotatable bonds is 5. The molecule has 1 N–H and O–H groups in total. The minimum absolute atomic E-state index is 0.0488. The van der Waals surface area contributed by atoms with E-state index >= 15 is 0 Å². The fourth-order valence-electron chi connectivity index (χ4n) is 3.95. The molecule has 1 fully saturated rings. The van der Waals surface area contributed by atoms with E-state index in [1.807, 2.05) is 0 Å². The van der Waals surface area contributed by atoms with Crippen molar-refractivity contribution in [3.63, 3.8) is 0 Å². The zero-order chi connectivity index (χ0) is 23.3. The maximum absolute atomic E-state index is 13.4. The Hall–Kier alpha value is -2.61. The van der Waals surface area contributed by atoms with Crippen LogP contribution in [0.5, 0.6) is 0 Å². The molecule has 9 nitrogen and oxygen atoms in total. The van der Waals surface area contributed by atoms with Gasteiger partial charge in [-0.25, -0.2) is 8.42 Å². The van der Waals surface area contributed by atoms with Crippen LogP contribution in [0.3, 0.4) is 0 Å². The molecule has 0 radical (unpaired) electrons. The monoisotopic (exact) mass is 477 g/mol. The predicted molar refractivity (Wildman–Crippen MR) is 100 cm³/mol. The molecule has 174 valence electrons. The maximum Gasteiger partial charge on any atom is 0.321 e. The number of fused-ring (bicyclic) bond motifs is 1. The van der Waals surface area contributed by atoms with Gasteiger partial charge < -0.3 is 9.73 Å². The zero-order valence-electron chi connectivity index (χ0n) is 16.8. The van der Waals surface area contributed by atoms with E-state index in [1.54, 1.807) is 0 Å². The van der Waals surface area contributed by atoms with E-state index in [4.69, 9.17) is 4.42 Å². The third-order valence-corrected chi connectivity index (χ3v) is 7.44. The summed E-state index contributed by atoms with van der Waals surface area (Å²) in [7, 11) is -4.10. The number of carbonyl (C=O) groups is 1. The average molecular weight is 477 g/mol. The Morgan fingerprint density at radius 2 is 2.00 bits per heavy atom. The lowest BCUT2D eigenvalue weighted by Crippen LogP contribution is -2.55. The summed E-state index contributed by atoms with van der Waals surface area (Å²) >= 11 is 0. The molecule has 32 heavy (non-hydrogen) atoms. The Balaban J connectivity index is 1.62. The number of alkyl halides is 4. The second kappa shape index (κ2) is 8.06. The highest BCUT2D eigenvalue weighted by Crippen LogP contribution is 2.37. The first kappa shape index (κ1) is 22.6. The summed E-state index contributed by atoms with van der Waals surface area (Å²) in [5, 5.41) is 8.99. The predicted octanol–water partition coefficient (Wildman–Crippen LogP) is 2.66. The van der Waals surface area contributed by atoms with Crippen LogP contribution < -0.4 is 5.32 Å². The highest BCUT2D eigenvalue weighted by molar-refractivity contribution is 7.89. The average Bonchev–Trinajstić information content (AvgIpc) is 3.31. The smallest absolute Gasteiger partial charge is 0.321 e. The fraction of sp³-hybridized carbons (Fsp3) is 0.556. The molecule has 0 bridgehead atoms. The quantitative estimate of drug-likeness (QED) is 0.658. The number of hydrogen-bond acceptors (Lipinski definition) is 7. The summed E-state index contributed by atoms with van der Waals surface area (Å²) in [6, 6.07) is -0.307. The van der Waals surface area contributed by atoms with Gasteiger partial charge in [-0.1, -0.05) is 12.8 Å². The lowest BCUT2D eigenvalue weighted by Gasteiger charge is -2.37. The van der Waals surface area contributed by atoms with E-state index in [9.17, 15) is 30.8 Å². The SMILES string of the molecule is CC(F)(F)C(=O)N[C@@H]1CCCC[C@H]1N1Cc2ncc(-c3nnc(C(F)F)o3)cc2S1(=O)=O. The van der Waals surface area contributed by atoms with Crippen molar-refractivity contribution >= 4 is 15.9 Å². The molecule has 1 aliphatic heterocycles. The van der Waals surface area contributed by atoms with Crippen LogP contribution in [0.1, 0.15) is 50.6 Å². The number of nitrogens with one attached hydrogen (secondary N) is 1. The largest absolute Gasteiger partial charge is 0.415 e. The van der Waals surface area contributed by atoms with Gasteiger partial charge in [-0.2, -0.15) is 21.9 Å². The van der Waals surface area contributed by atoms with Gasteiger partial charge in [-0.3, -0.25) is 9.78 Å². The molecule has 2 aliphatic rings. The molecule has 1 saturated carbocycles. The summed E-state index contributed by atoms with van der Waals surface area (Å²) < 4.78 is 84.7. The number of amides is 1. The van der Waals surface area contributed by atoms with Crippen molar-refractivity contribution in [3.8, 4) is 11.5 Å². The molecule has 1 aliphatic carbocycles. The van der Waals surface area contributed by atoms with Crippen molar-refractivity contribution in [2.45, 2.75) is 68.5 Å². The van der Waals surface area contributed by atoms with Crippen molar-refractivity contribution in [2.75, 3.05) is 0 Å². The van der Waals surface area contributed by atoms with E-state index in [-0.39, 0.29) is 28.6 Å². The van der Waals surface area contributed by atoms with Crippen molar-refractivity contribution in [2.24, 2.45) is 0 Å². The Morgan fingerprint density at radius 3 is 2.66 bits per heavy atom. The number of nitrogens with zero attached hydrogens (tertiary/aromatic N) is 4. The highest BCUT2D eigenvalue weighted by Gasteiger charge is 2.45. The minimum atomic E-state index is -4.10. The second-order valence-corrected chi connectivity index (χ2v) is 9.64. The molecule has 0 spiro atoms. The molecule has 14 heteroatoms. The van der Waals surface area contributed by atoms with Gasteiger partial charge in [0.1, 0.15) is 4.90 Å². The minimum Gasteiger partial charge on any atom is -0.415 e. The Kier molecular flexibility index (Phi) is 5.69. The first-order valence-electron chi connectivity index (χ1n) is 9.80. The van der Waals surface area contributed by atoms with E-state index in [0.717, 1.165) is 4.31 Å². The van der Waals surface area contributed by atoms with Gasteiger partial charge in [0.05, 0.1) is 17.8 Å². The molecular weight excluding hydrogens is 458 g/mol. The molecule has 3 heterocycles. The van der Waals surface area contributed by atoms with Crippen molar-refractivity contribution in [1.29, 1.82) is 0 Å². The van der Waals surface area contributed by atoms with Crippen LogP contribution in [-0.4, -0.2) is 51.8 Å². The van der Waals surface area contributed by atoms with Crippen LogP contribution in [-0.2, 0) is 21.4 Å². The lowest BCUT2D eigenvalue weighted by atomic mass is 9.90. The molecular formula is C18H19F4N5O4S. The maximum atomic E-state index is 13.4. The standard InChI is InChI=1S/C18H19F4N5O4S/c1-18(21,22)17(28)24-10-4-2-3-5-12(10)27-8-11-13(32(27,29)30)6-9(7-23-11)15-25-26-16(31-15)14(19)20/h6-7,10,12,14H,2-5,8H2,1H3,(H,24,28)/t10-,12-/m1/s1. The first-order chi connectivity index (χ1) is 15.0. The van der Waals surface area contributed by atoms with Crippen LogP contribution in [0.4, 0.5) is 17.6 Å². The van der Waals surface area contributed by atoms with Gasteiger partial charge in [-0.15, -0.1) is 10.2 Å². The van der Waals surface area contributed by atoms with E-state index < -0.39 is 46.3 Å². The number of carbonyl (C=O) groups excluding carboxylic acids is 1. The number of sulfonamides is 1. The van der Waals surface area contributed by atoms with Gasteiger partial charge in [0, 0.05) is 25.2 Å². The Bertz CT molecular complexity index is 1130. The third-order valence-electron chi connectivity index (χ3n) is 5.51. The van der Waals surface area contributed by atoms with E-state index in [1.165, 1.54) is 12.3 Å². The molecule has 0 saturated heterocycles. The summed E-state index contributed by atoms with van der Waals surface area (Å²) in [6.45, 7) is 0.370. The topological polar surface area (TPSA) is 118 Å². The second-order valence-electron chi connectivity index (χ2n) is 7.79. The number of pyridine rings is 1. The van der Waals surface area contributed by atoms with Gasteiger partial charge in [0.2, 0.25) is 15.9 Å². The number of hydrogen-bond donors (Lipinski definition) is 1. The van der Waals surface area contributed by atoms with Crippen molar-refractivity contribution < 1.29 is 35.2 Å². The van der Waals surface area contributed by atoms with E-state index in [2.05, 4.69) is 20.5 Å². The first-order valence-corrected chi connectivity index (χ1v) is 11.2. The third kappa shape index (κ3) is 4.08. The van der Waals surface area contributed by atoms with Gasteiger partial charge in [-0.05, 0) is 18.9 Å². The number of aromatic nitrogens is 3. The number of halogens is 4. The van der Waals surface area contributed by atoms with Crippen molar-refractivity contribution in [3.05, 3.63) is 23.8 Å². The summed E-state index contributed by atoms with van der Waals surface area (Å²) in [5.74, 6) is -6.27. The summed E-state index contributed by atoms with van der Waals surface area (Å²) in [5.41, 5.74) is 0.256. The lowest BCUT2D eigenvalue weighted by molar-refractivity contribution is -0.144. The van der Waals surface area contributed by atoms with Crippen LogP contribution in [0.25, 0.3) is 11.5 Å². The van der Waals surface area contributed by atoms with Gasteiger partial charge in [0.15, 0.2) is 0 Å². The van der Waals surface area contributed by atoms with Crippen LogP contribution in [0.2, 0.25) is 0 Å². The zero-order valence-corrected chi connectivity index (χ0v) is 17.6. The van der Waals surface area contributed by atoms with Crippen molar-refractivity contribution in [1.82, 2.24) is 24.8 Å². The molecule has 2 aromatic heterocycles. The Morgan fingerprint density at radius 1 is 1.28 bits per heavy atom. The van der Waals surface area contributed by atoms with E-state index in [0.29, 0.717) is 32.6 Å². The van der Waals surface area contributed by atoms with Gasteiger partial charge in [0.25, 0.3) is 11.8 Å². The van der Waals surface area contributed by atoms with Crippen LogP contribution in [0, 0.1) is 0 Å². The normalized spacial score (nSPS) is 23.3. The van der Waals surface area contributed by atoms with Crippen LogP contribution in [0.15, 0.2) is 21.6 Å². The molecule has 0 unspecified atom stereocenters. The molecule has 0 aromatic carbocycles. The Labute approximate surface area is 180 Å². The molecule has 4 rings (SSSR count). The van der Waals surface area contributed by atoms with Crippen LogP contribution >= 0.6 is 0 Å². The fourth-order valence-corrected chi connectivity index (χ4v) is 5.79. The summed E-state index contributed by atoms with van der Waals surface area (Å²) in [6.07, 6.45) is 0.307. The van der Waals surface area contributed by atoms with Gasteiger partial charge >= 0.3 is 12.3 Å². The molecule has 1 amide bonds.